The summed E-state index contributed by atoms with van der Waals surface area (Å²) < 4.78 is 43.7. The van der Waals surface area contributed by atoms with Crippen molar-refractivity contribution in [2.45, 2.75) is 6.42 Å². The first-order valence-corrected chi connectivity index (χ1v) is 4.79. The Balaban J connectivity index is 2.39. The maximum Gasteiger partial charge on any atom is 0.247 e. The summed E-state index contributed by atoms with van der Waals surface area (Å²) in [6, 6.07) is 1.58. The summed E-state index contributed by atoms with van der Waals surface area (Å²) in [5.41, 5.74) is 5.26. The average Bonchev–Trinajstić information content (AvgIpc) is 2.74. The number of aromatic nitrogens is 2. The molecule has 0 aliphatic heterocycles. The van der Waals surface area contributed by atoms with Gasteiger partial charge in [0.25, 0.3) is 0 Å². The molecule has 0 radical (unpaired) electrons. The first kappa shape index (κ1) is 11.6. The summed E-state index contributed by atoms with van der Waals surface area (Å²) in [7, 11) is 0. The van der Waals surface area contributed by atoms with E-state index in [0.717, 1.165) is 12.1 Å². The van der Waals surface area contributed by atoms with E-state index in [-0.39, 0.29) is 17.3 Å². The van der Waals surface area contributed by atoms with Crippen LogP contribution in [0.3, 0.4) is 0 Å². The van der Waals surface area contributed by atoms with Gasteiger partial charge in [0.2, 0.25) is 11.8 Å². The van der Waals surface area contributed by atoms with Crippen LogP contribution in [0.4, 0.5) is 13.2 Å². The Hall–Kier alpha value is -1.89. The zero-order chi connectivity index (χ0) is 12.4. The molecule has 2 rings (SSSR count). The molecule has 4 nitrogen and oxygen atoms in total. The summed E-state index contributed by atoms with van der Waals surface area (Å²) in [4.78, 5) is 0. The van der Waals surface area contributed by atoms with Crippen LogP contribution in [0.1, 0.15) is 5.89 Å². The van der Waals surface area contributed by atoms with Gasteiger partial charge in [-0.15, -0.1) is 10.2 Å². The normalized spacial score (nSPS) is 10.8. The van der Waals surface area contributed by atoms with Gasteiger partial charge < -0.3 is 10.2 Å². The Morgan fingerprint density at radius 3 is 2.35 bits per heavy atom. The minimum absolute atomic E-state index is 0.0165. The monoisotopic (exact) mass is 243 g/mol. The Labute approximate surface area is 94.3 Å². The summed E-state index contributed by atoms with van der Waals surface area (Å²) >= 11 is 0. The van der Waals surface area contributed by atoms with Gasteiger partial charge >= 0.3 is 0 Å². The van der Waals surface area contributed by atoms with Gasteiger partial charge in [-0.1, -0.05) is 0 Å². The molecule has 0 atom stereocenters. The van der Waals surface area contributed by atoms with E-state index in [1.54, 1.807) is 0 Å². The van der Waals surface area contributed by atoms with Crippen molar-refractivity contribution >= 4 is 0 Å². The van der Waals surface area contributed by atoms with Gasteiger partial charge in [-0.25, -0.2) is 13.2 Å². The van der Waals surface area contributed by atoms with Crippen molar-refractivity contribution in [2.75, 3.05) is 6.54 Å². The van der Waals surface area contributed by atoms with Crippen molar-refractivity contribution in [1.82, 2.24) is 10.2 Å². The maximum atomic E-state index is 13.0. The molecule has 90 valence electrons. The fourth-order valence-electron chi connectivity index (χ4n) is 1.27. The van der Waals surface area contributed by atoms with Gasteiger partial charge in [-0.2, -0.15) is 0 Å². The Bertz CT molecular complexity index is 518. The lowest BCUT2D eigenvalue weighted by atomic mass is 10.2. The molecule has 0 aliphatic rings. The van der Waals surface area contributed by atoms with E-state index in [1.165, 1.54) is 0 Å². The molecular weight excluding hydrogens is 235 g/mol. The molecule has 2 N–H and O–H groups in total. The zero-order valence-corrected chi connectivity index (χ0v) is 8.58. The number of halogens is 3. The molecule has 2 aromatic rings. The van der Waals surface area contributed by atoms with E-state index in [1.807, 2.05) is 0 Å². The van der Waals surface area contributed by atoms with E-state index in [9.17, 15) is 13.2 Å². The quantitative estimate of drug-likeness (QED) is 0.832. The van der Waals surface area contributed by atoms with Crippen LogP contribution in [0.5, 0.6) is 0 Å². The van der Waals surface area contributed by atoms with E-state index in [0.29, 0.717) is 13.0 Å². The molecule has 0 spiro atoms. The van der Waals surface area contributed by atoms with Crippen molar-refractivity contribution < 1.29 is 17.6 Å². The molecule has 0 amide bonds. The van der Waals surface area contributed by atoms with Crippen molar-refractivity contribution in [3.8, 4) is 11.5 Å². The Morgan fingerprint density at radius 2 is 1.76 bits per heavy atom. The summed E-state index contributed by atoms with van der Waals surface area (Å²) in [5, 5.41) is 7.22. The van der Waals surface area contributed by atoms with Gasteiger partial charge in [0.15, 0.2) is 17.5 Å². The third-order valence-corrected chi connectivity index (χ3v) is 2.06. The van der Waals surface area contributed by atoms with Gasteiger partial charge in [0, 0.05) is 18.5 Å². The minimum atomic E-state index is -1.53. The van der Waals surface area contributed by atoms with Crippen molar-refractivity contribution in [2.24, 2.45) is 5.73 Å². The van der Waals surface area contributed by atoms with Crippen LogP contribution in [0.2, 0.25) is 0 Å². The maximum absolute atomic E-state index is 13.0. The first-order valence-electron chi connectivity index (χ1n) is 4.79. The SMILES string of the molecule is NCCc1nnc(-c2cc(F)c(F)c(F)c2)o1. The van der Waals surface area contributed by atoms with E-state index >= 15 is 0 Å². The van der Waals surface area contributed by atoms with Crippen LogP contribution in [0.15, 0.2) is 16.5 Å². The average molecular weight is 243 g/mol. The lowest BCUT2D eigenvalue weighted by Crippen LogP contribution is -2.02. The van der Waals surface area contributed by atoms with Gasteiger partial charge in [-0.3, -0.25) is 0 Å². The highest BCUT2D eigenvalue weighted by Crippen LogP contribution is 2.22. The molecule has 0 aliphatic carbocycles. The molecule has 0 fully saturated rings. The molecular formula is C10H8F3N3O. The van der Waals surface area contributed by atoms with E-state index < -0.39 is 17.5 Å². The molecule has 0 bridgehead atoms. The second-order valence-corrected chi connectivity index (χ2v) is 3.29. The van der Waals surface area contributed by atoms with Crippen LogP contribution in [0.25, 0.3) is 11.5 Å². The highest BCUT2D eigenvalue weighted by molar-refractivity contribution is 5.52. The van der Waals surface area contributed by atoms with Gasteiger partial charge in [0.05, 0.1) is 0 Å². The molecule has 0 saturated heterocycles. The predicted octanol–water partition coefficient (Wildman–Crippen LogP) is 1.66. The van der Waals surface area contributed by atoms with Gasteiger partial charge in [-0.05, 0) is 12.1 Å². The topological polar surface area (TPSA) is 64.9 Å². The summed E-state index contributed by atoms with van der Waals surface area (Å²) in [6.07, 6.45) is 0.360. The Morgan fingerprint density at radius 1 is 1.12 bits per heavy atom. The zero-order valence-electron chi connectivity index (χ0n) is 8.58. The van der Waals surface area contributed by atoms with E-state index in [2.05, 4.69) is 10.2 Å². The second-order valence-electron chi connectivity index (χ2n) is 3.29. The first-order chi connectivity index (χ1) is 8.11. The highest BCUT2D eigenvalue weighted by atomic mass is 19.2. The molecule has 0 saturated carbocycles. The molecule has 7 heteroatoms. The fraction of sp³-hybridized carbons (Fsp3) is 0.200. The van der Waals surface area contributed by atoms with Crippen LogP contribution < -0.4 is 5.73 Å². The van der Waals surface area contributed by atoms with Crippen LogP contribution in [-0.2, 0) is 6.42 Å². The lowest BCUT2D eigenvalue weighted by molar-refractivity contribution is 0.446. The number of nitrogens with zero attached hydrogens (tertiary/aromatic N) is 2. The Kier molecular flexibility index (Phi) is 3.10. The molecule has 1 heterocycles. The summed E-state index contributed by atoms with van der Waals surface area (Å²) in [5.74, 6) is -3.97. The number of benzene rings is 1. The highest BCUT2D eigenvalue weighted by Gasteiger charge is 2.15. The largest absolute Gasteiger partial charge is 0.421 e. The van der Waals surface area contributed by atoms with Crippen molar-refractivity contribution in [3.05, 3.63) is 35.5 Å². The van der Waals surface area contributed by atoms with Crippen molar-refractivity contribution in [3.63, 3.8) is 0 Å². The standard InChI is InChI=1S/C10H8F3N3O/c11-6-3-5(4-7(12)9(6)13)10-16-15-8(17-10)1-2-14/h3-4H,1-2,14H2. The summed E-state index contributed by atoms with van der Waals surface area (Å²) in [6.45, 7) is 0.313. The minimum Gasteiger partial charge on any atom is -0.421 e. The van der Waals surface area contributed by atoms with Crippen LogP contribution >= 0.6 is 0 Å². The predicted molar refractivity (Wildman–Crippen MR) is 52.4 cm³/mol. The van der Waals surface area contributed by atoms with Crippen LogP contribution in [-0.4, -0.2) is 16.7 Å². The van der Waals surface area contributed by atoms with Gasteiger partial charge in [0.1, 0.15) is 0 Å². The number of rotatable bonds is 3. The number of hydrogen-bond donors (Lipinski definition) is 1. The third-order valence-electron chi connectivity index (χ3n) is 2.06. The molecule has 1 aromatic carbocycles. The lowest BCUT2D eigenvalue weighted by Gasteiger charge is -1.98. The molecule has 0 unspecified atom stereocenters. The van der Waals surface area contributed by atoms with E-state index in [4.69, 9.17) is 10.2 Å². The fourth-order valence-corrected chi connectivity index (χ4v) is 1.27. The number of hydrogen-bond acceptors (Lipinski definition) is 4. The van der Waals surface area contributed by atoms with Crippen molar-refractivity contribution in [1.29, 1.82) is 0 Å². The molecule has 1 aromatic heterocycles. The third kappa shape index (κ3) is 2.28. The smallest absolute Gasteiger partial charge is 0.247 e. The van der Waals surface area contributed by atoms with Crippen LogP contribution in [0, 0.1) is 17.5 Å². The number of nitrogens with two attached hydrogens (primary N) is 1. The molecule has 17 heavy (non-hydrogen) atoms. The second kappa shape index (κ2) is 4.54.